The molecule has 2 N–H and O–H groups in total. The average molecular weight is 739 g/mol. The number of thioether (sulfide) groups is 1. The number of alkyl carbamates (subject to hydrolysis) is 1. The molecule has 6 aromatic rings. The van der Waals surface area contributed by atoms with Crippen molar-refractivity contribution in [2.24, 2.45) is 5.92 Å². The number of nitrogens with one attached hydrogen (secondary N) is 1. The van der Waals surface area contributed by atoms with Crippen LogP contribution in [-0.2, 0) is 27.4 Å². The molecule has 1 aliphatic rings. The van der Waals surface area contributed by atoms with Gasteiger partial charge in [0.2, 0.25) is 0 Å². The van der Waals surface area contributed by atoms with Gasteiger partial charge in [-0.25, -0.2) is 9.78 Å². The first-order valence-corrected chi connectivity index (χ1v) is 18.9. The van der Waals surface area contributed by atoms with Crippen molar-refractivity contribution in [1.29, 1.82) is 0 Å². The lowest BCUT2D eigenvalue weighted by atomic mass is 9.91. The van der Waals surface area contributed by atoms with Crippen LogP contribution < -0.4 is 5.32 Å². The number of hydrogen-bond acceptors (Lipinski definition) is 8. The monoisotopic (exact) mass is 738 g/mol. The van der Waals surface area contributed by atoms with E-state index in [1.807, 2.05) is 121 Å². The van der Waals surface area contributed by atoms with E-state index >= 15 is 0 Å². The van der Waals surface area contributed by atoms with Crippen LogP contribution >= 0.6 is 11.8 Å². The molecule has 0 bridgehead atoms. The Morgan fingerprint density at radius 1 is 0.815 bits per heavy atom. The largest absolute Gasteiger partial charge is 0.445 e. The first kappa shape index (κ1) is 36.9. The molecule has 1 aliphatic heterocycles. The molecule has 1 amide bonds. The van der Waals surface area contributed by atoms with E-state index in [4.69, 9.17) is 23.6 Å². The van der Waals surface area contributed by atoms with E-state index in [9.17, 15) is 9.90 Å². The Kier molecular flexibility index (Phi) is 12.0. The maximum absolute atomic E-state index is 12.0. The van der Waals surface area contributed by atoms with E-state index < -0.39 is 12.4 Å². The van der Waals surface area contributed by atoms with Crippen LogP contribution in [0.25, 0.3) is 33.7 Å². The van der Waals surface area contributed by atoms with Gasteiger partial charge in [-0.1, -0.05) is 153 Å². The number of oxazole rings is 1. The van der Waals surface area contributed by atoms with Gasteiger partial charge in [0, 0.05) is 34.9 Å². The van der Waals surface area contributed by atoms with Gasteiger partial charge in [-0.3, -0.25) is 0 Å². The smallest absolute Gasteiger partial charge is 0.407 e. The molecule has 2 heterocycles. The summed E-state index contributed by atoms with van der Waals surface area (Å²) in [5.74, 6) is 1.30. The SMILES string of the molecule is C=CCOC(=O)NCc1cccc(-c2cccc([C@@H]3O[C@H](CSc4nc(-c5ccccc5)c(-c5ccccc5)o4)[C@H](C)[C@H](c4ccc(CO)cc4)O3)c2)c1. The van der Waals surface area contributed by atoms with Crippen molar-refractivity contribution in [2.75, 3.05) is 12.4 Å². The predicted octanol–water partition coefficient (Wildman–Crippen LogP) is 10.2. The number of aliphatic hydroxyl groups excluding tert-OH is 1. The number of rotatable bonds is 13. The number of benzene rings is 5. The highest BCUT2D eigenvalue weighted by Crippen LogP contribution is 2.44. The van der Waals surface area contributed by atoms with E-state index in [2.05, 4.69) is 31.0 Å². The lowest BCUT2D eigenvalue weighted by Gasteiger charge is -2.41. The molecular weight excluding hydrogens is 697 g/mol. The van der Waals surface area contributed by atoms with Crippen LogP contribution in [0.2, 0.25) is 0 Å². The first-order valence-electron chi connectivity index (χ1n) is 17.9. The molecule has 0 saturated carbocycles. The zero-order valence-electron chi connectivity index (χ0n) is 30.0. The summed E-state index contributed by atoms with van der Waals surface area (Å²) in [6.45, 7) is 6.18. The molecule has 0 unspecified atom stereocenters. The van der Waals surface area contributed by atoms with Gasteiger partial charge in [-0.2, -0.15) is 0 Å². The minimum Gasteiger partial charge on any atom is -0.445 e. The van der Waals surface area contributed by atoms with Gasteiger partial charge < -0.3 is 29.1 Å². The molecule has 1 aromatic heterocycles. The fourth-order valence-electron chi connectivity index (χ4n) is 6.49. The van der Waals surface area contributed by atoms with Crippen molar-refractivity contribution in [3.05, 3.63) is 168 Å². The lowest BCUT2D eigenvalue weighted by Crippen LogP contribution is -2.38. The van der Waals surface area contributed by atoms with Crippen LogP contribution in [0.3, 0.4) is 0 Å². The molecule has 7 rings (SSSR count). The van der Waals surface area contributed by atoms with Crippen LogP contribution in [0.1, 0.15) is 41.6 Å². The molecule has 0 radical (unpaired) electrons. The number of carbonyl (C=O) groups is 1. The maximum Gasteiger partial charge on any atom is 0.407 e. The van der Waals surface area contributed by atoms with Crippen molar-refractivity contribution in [2.45, 2.75) is 43.8 Å². The highest BCUT2D eigenvalue weighted by atomic mass is 32.2. The van der Waals surface area contributed by atoms with Gasteiger partial charge in [0.15, 0.2) is 12.1 Å². The highest BCUT2D eigenvalue weighted by Gasteiger charge is 2.39. The van der Waals surface area contributed by atoms with E-state index in [1.54, 1.807) is 0 Å². The zero-order chi connectivity index (χ0) is 37.3. The molecule has 9 heteroatoms. The van der Waals surface area contributed by atoms with Gasteiger partial charge in [0.25, 0.3) is 5.22 Å². The van der Waals surface area contributed by atoms with Crippen molar-refractivity contribution < 1.29 is 28.5 Å². The summed E-state index contributed by atoms with van der Waals surface area (Å²) in [6.07, 6.45) is -0.105. The minimum atomic E-state index is -0.650. The average Bonchev–Trinajstić information content (AvgIpc) is 3.67. The summed E-state index contributed by atoms with van der Waals surface area (Å²) >= 11 is 1.53. The number of nitrogens with zero attached hydrogens (tertiary/aromatic N) is 1. The van der Waals surface area contributed by atoms with Crippen LogP contribution in [0.4, 0.5) is 4.79 Å². The second-order valence-electron chi connectivity index (χ2n) is 13.1. The molecular formula is C45H42N2O6S. The summed E-state index contributed by atoms with van der Waals surface area (Å²) in [6, 6.07) is 44.2. The van der Waals surface area contributed by atoms with E-state index in [-0.39, 0.29) is 31.3 Å². The molecule has 5 aromatic carbocycles. The number of aliphatic hydroxyl groups is 1. The Balaban J connectivity index is 1.14. The molecule has 54 heavy (non-hydrogen) atoms. The number of hydrogen-bond donors (Lipinski definition) is 2. The van der Waals surface area contributed by atoms with E-state index in [1.165, 1.54) is 17.8 Å². The number of aromatic nitrogens is 1. The van der Waals surface area contributed by atoms with Crippen LogP contribution in [-0.4, -0.2) is 34.6 Å². The maximum atomic E-state index is 12.0. The van der Waals surface area contributed by atoms with E-state index in [0.717, 1.165) is 56.0 Å². The third-order valence-electron chi connectivity index (χ3n) is 9.37. The van der Waals surface area contributed by atoms with Crippen molar-refractivity contribution in [1.82, 2.24) is 10.3 Å². The number of amides is 1. The number of ether oxygens (including phenoxy) is 3. The lowest BCUT2D eigenvalue weighted by molar-refractivity contribution is -0.268. The first-order chi connectivity index (χ1) is 26.5. The molecule has 274 valence electrons. The minimum absolute atomic E-state index is 0.0172. The molecule has 4 atom stereocenters. The second-order valence-corrected chi connectivity index (χ2v) is 14.1. The Morgan fingerprint density at radius 2 is 1.50 bits per heavy atom. The normalized spacial score (nSPS) is 18.2. The standard InChI is InChI=1S/C45H42N2O6S/c1-3-24-50-44(49)46-27-32-12-10-17-36(25-32)37-18-11-19-38(26-37)43-51-39(30(2)41(52-43)35-22-20-31(28-48)21-23-35)29-54-45-47-40(33-13-6-4-7-14-33)42(53-45)34-15-8-5-9-16-34/h3-23,25-26,30,39,41,43,48H,1,24,27-29H2,2H3,(H,46,49)/t30-,39+,41+,43+/m0/s1. The fourth-order valence-corrected chi connectivity index (χ4v) is 7.48. The Hall–Kier alpha value is -5.45. The molecule has 0 spiro atoms. The third kappa shape index (κ3) is 8.84. The van der Waals surface area contributed by atoms with Crippen molar-refractivity contribution in [3.8, 4) is 33.7 Å². The number of carbonyl (C=O) groups excluding carboxylic acids is 1. The predicted molar refractivity (Wildman–Crippen MR) is 211 cm³/mol. The van der Waals surface area contributed by atoms with Gasteiger partial charge in [0.05, 0.1) is 18.8 Å². The zero-order valence-corrected chi connectivity index (χ0v) is 30.8. The van der Waals surface area contributed by atoms with Crippen molar-refractivity contribution in [3.63, 3.8) is 0 Å². The second kappa shape index (κ2) is 17.6. The molecule has 1 fully saturated rings. The molecule has 8 nitrogen and oxygen atoms in total. The van der Waals surface area contributed by atoms with E-state index in [0.29, 0.717) is 17.5 Å². The Morgan fingerprint density at radius 3 is 2.22 bits per heavy atom. The highest BCUT2D eigenvalue weighted by molar-refractivity contribution is 7.99. The van der Waals surface area contributed by atoms with Gasteiger partial charge in [0.1, 0.15) is 12.3 Å². The third-order valence-corrected chi connectivity index (χ3v) is 10.3. The summed E-state index contributed by atoms with van der Waals surface area (Å²) in [7, 11) is 0. The summed E-state index contributed by atoms with van der Waals surface area (Å²) in [4.78, 5) is 17.0. The van der Waals surface area contributed by atoms with Crippen LogP contribution in [0.5, 0.6) is 0 Å². The summed E-state index contributed by atoms with van der Waals surface area (Å²) in [5.41, 5.74) is 8.42. The van der Waals surface area contributed by atoms with Gasteiger partial charge in [-0.05, 0) is 39.9 Å². The van der Waals surface area contributed by atoms with Crippen molar-refractivity contribution >= 4 is 17.9 Å². The summed E-state index contributed by atoms with van der Waals surface area (Å²) < 4.78 is 25.1. The summed E-state index contributed by atoms with van der Waals surface area (Å²) in [5, 5.41) is 13.0. The van der Waals surface area contributed by atoms with Gasteiger partial charge in [-0.15, -0.1) is 0 Å². The topological polar surface area (TPSA) is 103 Å². The Labute approximate surface area is 319 Å². The quantitative estimate of drug-likeness (QED) is 0.0892. The van der Waals surface area contributed by atoms with Crippen LogP contribution in [0, 0.1) is 5.92 Å². The molecule has 0 aliphatic carbocycles. The Bertz CT molecular complexity index is 2100. The fraction of sp³-hybridized carbons (Fsp3) is 0.200. The van der Waals surface area contributed by atoms with Crippen LogP contribution in [0.15, 0.2) is 156 Å². The van der Waals surface area contributed by atoms with Gasteiger partial charge >= 0.3 is 6.09 Å². The molecule has 1 saturated heterocycles.